The number of aromatic nitrogens is 2. The van der Waals surface area contributed by atoms with Gasteiger partial charge < -0.3 is 24.7 Å². The van der Waals surface area contributed by atoms with Gasteiger partial charge in [0.15, 0.2) is 0 Å². The molecule has 0 atom stereocenters. The standard InChI is InChI=1S/C29H29ClN6O4/c1-3-35-26-19(16-32-27-23(26)6-7-31-27)17-36(29(35)38)21-12-18(13-22(15-21)39-2)28(37)33-20-4-5-25(24(30)14-20)34-8-10-40-11-9-34/h4-7,12-16H,3,8-11,17H2,1-2H3,(H,31,32)(H,33,37). The van der Waals surface area contributed by atoms with E-state index >= 15 is 0 Å². The fourth-order valence-electron chi connectivity index (χ4n) is 5.28. The lowest BCUT2D eigenvalue weighted by Crippen LogP contribution is -2.47. The summed E-state index contributed by atoms with van der Waals surface area (Å²) in [4.78, 5) is 40.2. The lowest BCUT2D eigenvalue weighted by molar-refractivity contribution is 0.102. The van der Waals surface area contributed by atoms with E-state index in [0.717, 1.165) is 41.1 Å². The van der Waals surface area contributed by atoms with Gasteiger partial charge in [0.25, 0.3) is 5.91 Å². The summed E-state index contributed by atoms with van der Waals surface area (Å²) in [5, 5.41) is 4.37. The van der Waals surface area contributed by atoms with E-state index in [-0.39, 0.29) is 11.9 Å². The van der Waals surface area contributed by atoms with Crippen LogP contribution in [0.4, 0.5) is 27.5 Å². The van der Waals surface area contributed by atoms with E-state index in [1.165, 1.54) is 7.11 Å². The average Bonchev–Trinajstić information content (AvgIpc) is 3.46. The van der Waals surface area contributed by atoms with Crippen LogP contribution in [0.3, 0.4) is 0 Å². The second kappa shape index (κ2) is 10.7. The summed E-state index contributed by atoms with van der Waals surface area (Å²) in [6.45, 7) is 5.56. The monoisotopic (exact) mass is 560 g/mol. The first-order chi connectivity index (χ1) is 19.5. The number of fused-ring (bicyclic) bond motifs is 3. The molecule has 1 fully saturated rings. The molecule has 3 amide bonds. The first-order valence-corrected chi connectivity index (χ1v) is 13.5. The van der Waals surface area contributed by atoms with Crippen molar-refractivity contribution >= 4 is 57.3 Å². The Hall–Kier alpha value is -4.28. The Morgan fingerprint density at radius 3 is 2.75 bits per heavy atom. The Bertz CT molecular complexity index is 1600. The predicted molar refractivity (Wildman–Crippen MR) is 156 cm³/mol. The van der Waals surface area contributed by atoms with Crippen molar-refractivity contribution in [3.05, 3.63) is 71.0 Å². The van der Waals surface area contributed by atoms with Gasteiger partial charge in [-0.3, -0.25) is 14.6 Å². The number of H-pyrrole nitrogens is 1. The quantitative estimate of drug-likeness (QED) is 0.332. The van der Waals surface area contributed by atoms with Gasteiger partial charge in [-0.2, -0.15) is 0 Å². The predicted octanol–water partition coefficient (Wildman–Crippen LogP) is 5.28. The number of carbonyl (C=O) groups is 2. The number of hydrogen-bond donors (Lipinski definition) is 2. The molecule has 206 valence electrons. The topological polar surface area (TPSA) is 103 Å². The number of morpholine rings is 1. The second-order valence-corrected chi connectivity index (χ2v) is 10.0. The van der Waals surface area contributed by atoms with Crippen LogP contribution in [0.25, 0.3) is 11.0 Å². The van der Waals surface area contributed by atoms with Crippen molar-refractivity contribution in [2.24, 2.45) is 0 Å². The molecule has 11 heteroatoms. The first kappa shape index (κ1) is 26.0. The van der Waals surface area contributed by atoms with Gasteiger partial charge in [-0.1, -0.05) is 11.6 Å². The minimum absolute atomic E-state index is 0.186. The molecule has 1 saturated heterocycles. The minimum atomic E-state index is -0.344. The number of methoxy groups -OCH3 is 1. The van der Waals surface area contributed by atoms with Crippen molar-refractivity contribution in [2.45, 2.75) is 13.5 Å². The number of rotatable bonds is 6. The van der Waals surface area contributed by atoms with Gasteiger partial charge in [0.05, 0.1) is 49.0 Å². The van der Waals surface area contributed by atoms with E-state index in [0.29, 0.717) is 54.0 Å². The van der Waals surface area contributed by atoms with Gasteiger partial charge in [0.2, 0.25) is 0 Å². The molecule has 0 radical (unpaired) electrons. The zero-order valence-electron chi connectivity index (χ0n) is 22.2. The van der Waals surface area contributed by atoms with Crippen molar-refractivity contribution in [1.29, 1.82) is 0 Å². The van der Waals surface area contributed by atoms with Crippen LogP contribution in [0.1, 0.15) is 22.8 Å². The fraction of sp³-hybridized carbons (Fsp3) is 0.276. The third-order valence-electron chi connectivity index (χ3n) is 7.27. The number of aromatic amines is 1. The summed E-state index contributed by atoms with van der Waals surface area (Å²) >= 11 is 6.57. The number of pyridine rings is 1. The highest BCUT2D eigenvalue weighted by atomic mass is 35.5. The maximum absolute atomic E-state index is 13.7. The number of urea groups is 1. The Balaban J connectivity index is 1.28. The van der Waals surface area contributed by atoms with Crippen LogP contribution in [0.2, 0.25) is 5.02 Å². The molecule has 2 aromatic heterocycles. The molecule has 0 saturated carbocycles. The molecule has 6 rings (SSSR count). The summed E-state index contributed by atoms with van der Waals surface area (Å²) in [6.07, 6.45) is 3.60. The van der Waals surface area contributed by atoms with Crippen LogP contribution in [-0.4, -0.2) is 61.9 Å². The molecule has 2 aliphatic heterocycles. The van der Waals surface area contributed by atoms with Crippen LogP contribution in [-0.2, 0) is 11.3 Å². The normalized spacial score (nSPS) is 15.4. The highest BCUT2D eigenvalue weighted by Crippen LogP contribution is 2.37. The molecule has 0 spiro atoms. The number of nitrogens with one attached hydrogen (secondary N) is 2. The molecule has 10 nitrogen and oxygen atoms in total. The van der Waals surface area contributed by atoms with Gasteiger partial charge in [-0.05, 0) is 43.3 Å². The van der Waals surface area contributed by atoms with Crippen LogP contribution < -0.4 is 24.8 Å². The Labute approximate surface area is 236 Å². The lowest BCUT2D eigenvalue weighted by Gasteiger charge is -2.37. The Morgan fingerprint density at radius 2 is 2.00 bits per heavy atom. The maximum atomic E-state index is 13.7. The molecule has 2 N–H and O–H groups in total. The van der Waals surface area contributed by atoms with Gasteiger partial charge in [-0.25, -0.2) is 9.78 Å². The van der Waals surface area contributed by atoms with E-state index in [9.17, 15) is 9.59 Å². The third-order valence-corrected chi connectivity index (χ3v) is 7.57. The van der Waals surface area contributed by atoms with Crippen molar-refractivity contribution < 1.29 is 19.1 Å². The fourth-order valence-corrected chi connectivity index (χ4v) is 5.58. The zero-order valence-corrected chi connectivity index (χ0v) is 23.0. The number of hydrogen-bond acceptors (Lipinski definition) is 6. The van der Waals surface area contributed by atoms with Gasteiger partial charge >= 0.3 is 6.03 Å². The summed E-state index contributed by atoms with van der Waals surface area (Å²) in [7, 11) is 1.53. The Kier molecular flexibility index (Phi) is 6.95. The van der Waals surface area contributed by atoms with E-state index in [2.05, 4.69) is 20.2 Å². The zero-order chi connectivity index (χ0) is 27.8. The van der Waals surface area contributed by atoms with Gasteiger partial charge in [0, 0.05) is 60.3 Å². The summed E-state index contributed by atoms with van der Waals surface area (Å²) in [5.74, 6) is 0.118. The molecular weight excluding hydrogens is 532 g/mol. The SMILES string of the molecule is CCN1C(=O)N(c2cc(OC)cc(C(=O)Nc3ccc(N4CCOCC4)c(Cl)c3)c2)Cc2cnc3[nH]ccc3c21. The average molecular weight is 561 g/mol. The van der Waals surface area contributed by atoms with E-state index in [1.54, 1.807) is 40.3 Å². The molecule has 4 aromatic rings. The number of carbonyl (C=O) groups excluding carboxylic acids is 2. The van der Waals surface area contributed by atoms with Crippen LogP contribution >= 0.6 is 11.6 Å². The summed E-state index contributed by atoms with van der Waals surface area (Å²) < 4.78 is 10.9. The molecule has 4 heterocycles. The summed E-state index contributed by atoms with van der Waals surface area (Å²) in [5.41, 5.74) is 4.88. The lowest BCUT2D eigenvalue weighted by atomic mass is 10.1. The maximum Gasteiger partial charge on any atom is 0.329 e. The number of ether oxygens (including phenoxy) is 2. The molecule has 40 heavy (non-hydrogen) atoms. The van der Waals surface area contributed by atoms with E-state index in [4.69, 9.17) is 21.1 Å². The highest BCUT2D eigenvalue weighted by molar-refractivity contribution is 6.33. The van der Waals surface area contributed by atoms with Crippen molar-refractivity contribution in [2.75, 3.05) is 60.0 Å². The second-order valence-electron chi connectivity index (χ2n) is 9.62. The highest BCUT2D eigenvalue weighted by Gasteiger charge is 2.33. The minimum Gasteiger partial charge on any atom is -0.497 e. The smallest absolute Gasteiger partial charge is 0.329 e. The van der Waals surface area contributed by atoms with Crippen LogP contribution in [0.5, 0.6) is 5.75 Å². The van der Waals surface area contributed by atoms with E-state index in [1.807, 2.05) is 31.3 Å². The number of benzene rings is 2. The van der Waals surface area contributed by atoms with Crippen LogP contribution in [0, 0.1) is 0 Å². The largest absolute Gasteiger partial charge is 0.497 e. The number of anilines is 4. The summed E-state index contributed by atoms with van der Waals surface area (Å²) in [6, 6.07) is 12.3. The molecular formula is C29H29ClN6O4. The molecule has 0 bridgehead atoms. The number of nitrogens with zero attached hydrogens (tertiary/aromatic N) is 4. The first-order valence-electron chi connectivity index (χ1n) is 13.1. The number of amides is 3. The molecule has 0 unspecified atom stereocenters. The van der Waals surface area contributed by atoms with Crippen molar-refractivity contribution in [3.8, 4) is 5.75 Å². The van der Waals surface area contributed by atoms with Crippen molar-refractivity contribution in [3.63, 3.8) is 0 Å². The number of halogens is 1. The van der Waals surface area contributed by atoms with Crippen LogP contribution in [0.15, 0.2) is 54.9 Å². The Morgan fingerprint density at radius 1 is 1.18 bits per heavy atom. The van der Waals surface area contributed by atoms with E-state index < -0.39 is 0 Å². The molecule has 0 aliphatic carbocycles. The van der Waals surface area contributed by atoms with Crippen molar-refractivity contribution in [1.82, 2.24) is 9.97 Å². The molecule has 2 aromatic carbocycles. The third kappa shape index (κ3) is 4.69. The van der Waals surface area contributed by atoms with Gasteiger partial charge in [-0.15, -0.1) is 0 Å². The van der Waals surface area contributed by atoms with Gasteiger partial charge in [0.1, 0.15) is 11.4 Å². The molecule has 2 aliphatic rings.